The van der Waals surface area contributed by atoms with Crippen LogP contribution >= 0.6 is 0 Å². The Labute approximate surface area is 121 Å². The third-order valence-corrected chi connectivity index (χ3v) is 3.68. The van der Waals surface area contributed by atoms with Crippen molar-refractivity contribution in [3.8, 4) is 11.9 Å². The van der Waals surface area contributed by atoms with Crippen molar-refractivity contribution in [3.63, 3.8) is 0 Å². The first-order valence-electron chi connectivity index (χ1n) is 6.73. The van der Waals surface area contributed by atoms with E-state index in [0.29, 0.717) is 5.56 Å². The number of hydrogen-bond donors (Lipinski definition) is 0. The van der Waals surface area contributed by atoms with E-state index < -0.39 is 0 Å². The molecule has 21 heavy (non-hydrogen) atoms. The maximum Gasteiger partial charge on any atom is 0.137 e. The Morgan fingerprint density at radius 3 is 2.48 bits per heavy atom. The highest BCUT2D eigenvalue weighted by molar-refractivity contribution is 6.09. The molecular formula is C18H11N3. The summed E-state index contributed by atoms with van der Waals surface area (Å²) in [5.41, 5.74) is 2.83. The number of hydrogen-bond acceptors (Lipinski definition) is 2. The number of benzene rings is 2. The molecule has 0 amide bonds. The van der Waals surface area contributed by atoms with E-state index in [0.717, 1.165) is 27.6 Å². The molecule has 0 bridgehead atoms. The van der Waals surface area contributed by atoms with Crippen LogP contribution in [0.1, 0.15) is 5.56 Å². The topological polar surface area (TPSA) is 41.6 Å². The Bertz CT molecular complexity index is 992. The third kappa shape index (κ3) is 1.70. The summed E-state index contributed by atoms with van der Waals surface area (Å²) in [7, 11) is 0. The Kier molecular flexibility index (Phi) is 2.48. The molecular weight excluding hydrogens is 258 g/mol. The van der Waals surface area contributed by atoms with Crippen molar-refractivity contribution in [2.45, 2.75) is 0 Å². The van der Waals surface area contributed by atoms with E-state index in [1.54, 1.807) is 6.20 Å². The molecule has 4 rings (SSSR count). The first-order valence-corrected chi connectivity index (χ1v) is 6.73. The standard InChI is InChI=1S/C18H11N3/c19-12-13-8-9-17-15(11-13)14-5-1-2-6-16(14)21(17)18-7-3-4-10-20-18/h1-11H. The normalized spacial score (nSPS) is 10.8. The molecule has 0 unspecified atom stereocenters. The summed E-state index contributed by atoms with van der Waals surface area (Å²) < 4.78 is 2.13. The molecule has 3 nitrogen and oxygen atoms in total. The minimum Gasteiger partial charge on any atom is -0.294 e. The van der Waals surface area contributed by atoms with Crippen molar-refractivity contribution >= 4 is 21.8 Å². The second kappa shape index (κ2) is 4.46. The highest BCUT2D eigenvalue weighted by Gasteiger charge is 2.12. The molecule has 0 atom stereocenters. The van der Waals surface area contributed by atoms with Crippen LogP contribution in [0.15, 0.2) is 66.9 Å². The summed E-state index contributed by atoms with van der Waals surface area (Å²) in [6.07, 6.45) is 1.79. The van der Waals surface area contributed by atoms with Gasteiger partial charge in [-0.05, 0) is 36.4 Å². The van der Waals surface area contributed by atoms with Gasteiger partial charge in [0.2, 0.25) is 0 Å². The first kappa shape index (κ1) is 11.7. The second-order valence-electron chi connectivity index (χ2n) is 4.88. The Morgan fingerprint density at radius 1 is 0.857 bits per heavy atom. The molecule has 0 N–H and O–H groups in total. The summed E-state index contributed by atoms with van der Waals surface area (Å²) >= 11 is 0. The van der Waals surface area contributed by atoms with Crippen molar-refractivity contribution in [2.75, 3.05) is 0 Å². The molecule has 0 saturated carbocycles. The molecule has 0 aliphatic carbocycles. The van der Waals surface area contributed by atoms with Crippen molar-refractivity contribution in [1.82, 2.24) is 9.55 Å². The maximum atomic E-state index is 9.12. The first-order chi connectivity index (χ1) is 10.4. The van der Waals surface area contributed by atoms with Gasteiger partial charge in [0, 0.05) is 17.0 Å². The predicted octanol–water partition coefficient (Wildman–Crippen LogP) is 4.05. The van der Waals surface area contributed by atoms with Crippen LogP contribution in [0.2, 0.25) is 0 Å². The molecule has 2 heterocycles. The number of aromatic nitrogens is 2. The molecule has 0 aliphatic rings. The Morgan fingerprint density at radius 2 is 1.67 bits per heavy atom. The average molecular weight is 269 g/mol. The van der Waals surface area contributed by atoms with Crippen LogP contribution in [-0.2, 0) is 0 Å². The number of nitriles is 1. The van der Waals surface area contributed by atoms with Gasteiger partial charge in [0.25, 0.3) is 0 Å². The lowest BCUT2D eigenvalue weighted by Gasteiger charge is -2.05. The monoisotopic (exact) mass is 269 g/mol. The molecule has 2 aromatic carbocycles. The predicted molar refractivity (Wildman–Crippen MR) is 83.3 cm³/mol. The van der Waals surface area contributed by atoms with Crippen LogP contribution in [-0.4, -0.2) is 9.55 Å². The lowest BCUT2D eigenvalue weighted by molar-refractivity contribution is 1.08. The number of nitrogens with zero attached hydrogens (tertiary/aromatic N) is 3. The fourth-order valence-electron chi connectivity index (χ4n) is 2.78. The molecule has 2 aromatic heterocycles. The number of pyridine rings is 1. The summed E-state index contributed by atoms with van der Waals surface area (Å²) in [5.74, 6) is 0.883. The highest BCUT2D eigenvalue weighted by Crippen LogP contribution is 2.31. The van der Waals surface area contributed by atoms with Gasteiger partial charge < -0.3 is 0 Å². The van der Waals surface area contributed by atoms with Crippen molar-refractivity contribution in [3.05, 3.63) is 72.4 Å². The van der Waals surface area contributed by atoms with E-state index in [1.807, 2.05) is 48.5 Å². The highest BCUT2D eigenvalue weighted by atomic mass is 15.1. The third-order valence-electron chi connectivity index (χ3n) is 3.68. The lowest BCUT2D eigenvalue weighted by atomic mass is 10.1. The summed E-state index contributed by atoms with van der Waals surface area (Å²) in [4.78, 5) is 4.46. The van der Waals surface area contributed by atoms with Crippen LogP contribution in [0.4, 0.5) is 0 Å². The van der Waals surface area contributed by atoms with Crippen LogP contribution in [0.5, 0.6) is 0 Å². The molecule has 4 aromatic rings. The number of rotatable bonds is 1. The zero-order valence-corrected chi connectivity index (χ0v) is 11.2. The SMILES string of the molecule is N#Cc1ccc2c(c1)c1ccccc1n2-c1ccccn1. The van der Waals surface area contributed by atoms with Gasteiger partial charge in [0.15, 0.2) is 0 Å². The van der Waals surface area contributed by atoms with Crippen molar-refractivity contribution < 1.29 is 0 Å². The second-order valence-corrected chi connectivity index (χ2v) is 4.88. The van der Waals surface area contributed by atoms with Crippen molar-refractivity contribution in [1.29, 1.82) is 5.26 Å². The van der Waals surface area contributed by atoms with Gasteiger partial charge in [-0.1, -0.05) is 24.3 Å². The Balaban J connectivity index is 2.21. The smallest absolute Gasteiger partial charge is 0.137 e. The van der Waals surface area contributed by atoms with Gasteiger partial charge in [0.1, 0.15) is 5.82 Å². The van der Waals surface area contributed by atoms with E-state index in [-0.39, 0.29) is 0 Å². The minimum absolute atomic E-state index is 0.673. The van der Waals surface area contributed by atoms with E-state index in [2.05, 4.69) is 27.8 Å². The molecule has 0 fully saturated rings. The van der Waals surface area contributed by atoms with Gasteiger partial charge in [-0.15, -0.1) is 0 Å². The van der Waals surface area contributed by atoms with Gasteiger partial charge in [-0.3, -0.25) is 4.57 Å². The zero-order valence-electron chi connectivity index (χ0n) is 11.2. The fourth-order valence-corrected chi connectivity index (χ4v) is 2.78. The molecule has 3 heteroatoms. The summed E-state index contributed by atoms with van der Waals surface area (Å²) in [6.45, 7) is 0. The molecule has 98 valence electrons. The van der Waals surface area contributed by atoms with E-state index in [1.165, 1.54) is 0 Å². The zero-order chi connectivity index (χ0) is 14.2. The molecule has 0 radical (unpaired) electrons. The number of fused-ring (bicyclic) bond motifs is 3. The molecule has 0 saturated heterocycles. The number of para-hydroxylation sites is 1. The van der Waals surface area contributed by atoms with E-state index in [9.17, 15) is 0 Å². The van der Waals surface area contributed by atoms with E-state index in [4.69, 9.17) is 5.26 Å². The largest absolute Gasteiger partial charge is 0.294 e. The summed E-state index contributed by atoms with van der Waals surface area (Å²) in [5, 5.41) is 11.3. The van der Waals surface area contributed by atoms with E-state index >= 15 is 0 Å². The van der Waals surface area contributed by atoms with Gasteiger partial charge >= 0.3 is 0 Å². The van der Waals surface area contributed by atoms with Crippen LogP contribution in [0.25, 0.3) is 27.6 Å². The quantitative estimate of drug-likeness (QED) is 0.523. The van der Waals surface area contributed by atoms with Gasteiger partial charge in [-0.25, -0.2) is 4.98 Å². The fraction of sp³-hybridized carbons (Fsp3) is 0. The Hall–Kier alpha value is -3.12. The van der Waals surface area contributed by atoms with Crippen LogP contribution in [0, 0.1) is 11.3 Å². The lowest BCUT2D eigenvalue weighted by Crippen LogP contribution is -1.95. The molecule has 0 spiro atoms. The average Bonchev–Trinajstić information content (AvgIpc) is 2.89. The van der Waals surface area contributed by atoms with Gasteiger partial charge in [-0.2, -0.15) is 5.26 Å². The summed E-state index contributed by atoms with van der Waals surface area (Å²) in [6, 6.07) is 22.1. The molecule has 0 aliphatic heterocycles. The maximum absolute atomic E-state index is 9.12. The van der Waals surface area contributed by atoms with Gasteiger partial charge in [0.05, 0.1) is 22.7 Å². The minimum atomic E-state index is 0.673. The van der Waals surface area contributed by atoms with Crippen LogP contribution in [0.3, 0.4) is 0 Å². The van der Waals surface area contributed by atoms with Crippen molar-refractivity contribution in [2.24, 2.45) is 0 Å². The van der Waals surface area contributed by atoms with Crippen LogP contribution < -0.4 is 0 Å².